The molecule has 1 aliphatic carbocycles. The topological polar surface area (TPSA) is 227 Å². The molecule has 5 unspecified atom stereocenters. The summed E-state index contributed by atoms with van der Waals surface area (Å²) in [5.74, 6) is 3.55. The van der Waals surface area contributed by atoms with Gasteiger partial charge in [-0.1, -0.05) is 164 Å². The van der Waals surface area contributed by atoms with Crippen molar-refractivity contribution in [2.75, 3.05) is 66.4 Å². The zero-order chi connectivity index (χ0) is 91.6. The fourth-order valence-corrected chi connectivity index (χ4v) is 22.1. The summed E-state index contributed by atoms with van der Waals surface area (Å²) in [7, 11) is 1.53. The summed E-state index contributed by atoms with van der Waals surface area (Å²) in [6, 6.07) is 67.9. The van der Waals surface area contributed by atoms with E-state index in [2.05, 4.69) is 124 Å². The number of aromatic amines is 5. The molecule has 5 aliphatic heterocycles. The molecule has 0 spiro atoms. The van der Waals surface area contributed by atoms with E-state index in [4.69, 9.17) is 81.7 Å². The van der Waals surface area contributed by atoms with Gasteiger partial charge in [-0.3, -0.25) is 9.80 Å². The lowest BCUT2D eigenvalue weighted by atomic mass is 9.75. The average molecular weight is 1880 g/mol. The highest BCUT2D eigenvalue weighted by molar-refractivity contribution is 7.89. The normalized spacial score (nSPS) is 19.3. The first-order valence-corrected chi connectivity index (χ1v) is 48.5. The van der Waals surface area contributed by atoms with Crippen LogP contribution in [0.15, 0.2) is 212 Å². The van der Waals surface area contributed by atoms with E-state index in [1.54, 1.807) is 56.5 Å². The lowest BCUT2D eigenvalue weighted by Crippen LogP contribution is -2.44. The lowest BCUT2D eigenvalue weighted by Gasteiger charge is -2.40. The van der Waals surface area contributed by atoms with E-state index in [1.165, 1.54) is 73.5 Å². The largest absolute Gasteiger partial charge is 0.497 e. The Morgan fingerprint density at radius 1 is 0.435 bits per heavy atom. The fraction of sp³-hybridized carbons (Fsp3) is 0.314. The maximum atomic E-state index is 13.8. The van der Waals surface area contributed by atoms with Crippen LogP contribution in [0.25, 0.3) is 54.5 Å². The number of halogens is 6. The lowest BCUT2D eigenvalue weighted by molar-refractivity contribution is -0.0147. The monoisotopic (exact) mass is 1880 g/mol. The molecular weight excluding hydrogens is 1770 g/mol. The molecule has 6 aliphatic rings. The molecule has 26 heteroatoms. The van der Waals surface area contributed by atoms with Crippen LogP contribution < -0.4 is 24.8 Å². The van der Waals surface area contributed by atoms with Gasteiger partial charge in [0, 0.05) is 141 Å². The molecule has 1 fully saturated rings. The Bertz CT molecular complexity index is 6620. The van der Waals surface area contributed by atoms with Gasteiger partial charge >= 0.3 is 12.2 Å². The number of benzene rings is 10. The summed E-state index contributed by atoms with van der Waals surface area (Å²) in [6.07, 6.45) is 6.75. The summed E-state index contributed by atoms with van der Waals surface area (Å²) in [4.78, 5) is 47.6. The predicted molar refractivity (Wildman–Crippen MR) is 525 cm³/mol. The van der Waals surface area contributed by atoms with Crippen LogP contribution in [0.5, 0.6) is 17.2 Å². The quantitative estimate of drug-likeness (QED) is 0.0574. The van der Waals surface area contributed by atoms with E-state index >= 15 is 0 Å². The molecule has 21 rings (SSSR count). The number of ether oxygens (including phenoxy) is 5. The number of carbonyl (C=O) groups excluding carboxylic acids is 2. The van der Waals surface area contributed by atoms with E-state index in [0.717, 1.165) is 161 Å². The molecule has 10 aromatic carbocycles. The second-order valence-corrected chi connectivity index (χ2v) is 39.3. The Hall–Kier alpha value is -11.0. The minimum Gasteiger partial charge on any atom is -0.497 e. The Kier molecular flexibility index (Phi) is 28.0. The molecule has 1 saturated carbocycles. The van der Waals surface area contributed by atoms with Crippen molar-refractivity contribution < 1.29 is 46.1 Å². The van der Waals surface area contributed by atoms with Crippen molar-refractivity contribution in [3.63, 3.8) is 0 Å². The number of methoxy groups -OCH3 is 3. The van der Waals surface area contributed by atoms with Crippen LogP contribution in [0.3, 0.4) is 0 Å². The van der Waals surface area contributed by atoms with Crippen LogP contribution in [-0.4, -0.2) is 132 Å². The van der Waals surface area contributed by atoms with Gasteiger partial charge in [-0.25, -0.2) is 22.4 Å². The first-order chi connectivity index (χ1) is 63.4. The molecular formula is C105H108Cl5FN10O9S. The smallest absolute Gasteiger partial charge is 0.410 e. The molecule has 19 nitrogen and oxygen atoms in total. The van der Waals surface area contributed by atoms with Gasteiger partial charge in [-0.05, 0) is 279 Å². The van der Waals surface area contributed by atoms with Gasteiger partial charge in [0.1, 0.15) is 41.3 Å². The Morgan fingerprint density at radius 3 is 1.21 bits per heavy atom. The number of carbonyl (C=O) groups is 2. The minimum absolute atomic E-state index is 0.0364. The van der Waals surface area contributed by atoms with E-state index < -0.39 is 16.1 Å². The van der Waals surface area contributed by atoms with Crippen molar-refractivity contribution in [1.29, 1.82) is 0 Å². The number of nitrogens with one attached hydrogen (secondary N) is 7. The number of rotatable bonds is 13. The highest BCUT2D eigenvalue weighted by Crippen LogP contribution is 2.47. The van der Waals surface area contributed by atoms with Gasteiger partial charge in [0.2, 0.25) is 10.0 Å². The van der Waals surface area contributed by atoms with Gasteiger partial charge in [0.05, 0.1) is 51.8 Å². The third kappa shape index (κ3) is 19.4. The number of sulfonamides is 1. The van der Waals surface area contributed by atoms with Gasteiger partial charge < -0.3 is 59.2 Å². The van der Waals surface area contributed by atoms with Crippen LogP contribution >= 0.6 is 58.0 Å². The molecule has 0 saturated heterocycles. The van der Waals surface area contributed by atoms with Crippen molar-refractivity contribution in [2.24, 2.45) is 17.8 Å². The number of hydrogen-bond donors (Lipinski definition) is 7. The molecule has 8 atom stereocenters. The van der Waals surface area contributed by atoms with Gasteiger partial charge in [0.15, 0.2) is 0 Å². The van der Waals surface area contributed by atoms with Crippen LogP contribution in [0.4, 0.5) is 14.0 Å². The summed E-state index contributed by atoms with van der Waals surface area (Å²) in [6.45, 7) is 16.1. The number of aryl methyl sites for hydroxylation is 1. The number of fused-ring (bicyclic) bond motifs is 15. The molecule has 10 heterocycles. The summed E-state index contributed by atoms with van der Waals surface area (Å²) in [5.41, 5.74) is 23.4. The number of H-pyrrole nitrogens is 5. The summed E-state index contributed by atoms with van der Waals surface area (Å²) < 4.78 is 68.5. The van der Waals surface area contributed by atoms with Crippen molar-refractivity contribution in [3.8, 4) is 17.2 Å². The van der Waals surface area contributed by atoms with Crippen molar-refractivity contribution in [3.05, 3.63) is 333 Å². The predicted octanol–water partition coefficient (Wildman–Crippen LogP) is 25.0. The van der Waals surface area contributed by atoms with Crippen molar-refractivity contribution in [1.82, 2.24) is 49.7 Å². The Balaban J connectivity index is 0.000000116. The van der Waals surface area contributed by atoms with Crippen LogP contribution in [-0.2, 0) is 51.6 Å². The third-order valence-corrected chi connectivity index (χ3v) is 29.7. The Labute approximate surface area is 788 Å². The fourth-order valence-electron chi connectivity index (χ4n) is 20.0. The standard InChI is InChI=1S/C29H35ClN2O3.C21H21FN2O3.C20H21ClN2O3S.C18H17ClN2.C17H14Cl2N2/c1-17(2)22-11-5-18(3)15-26(22)35-29(33)32-14-13-23-24-16-20(30)8-12-25(24)31-27(23)28(32)19-6-9-21(34-4)10-7-19;1-3-27-21(25)24-11-10-16-17-12-14(22)6-9-18(17)23-19(16)20(24)13-4-7-15(26-2)8-5-13;1-3-27(24,25)23-11-10-16-17-12-14(21)6-9-18(17)22-19(16)20(23)13-4-7-15(26-2)8-5-13;1-11-2-4-12(5-3-11)17-18-14(8-9-20-17)15-10-13(19)6-7-16(15)21-18;18-11-3-1-10(2-4-11)16-17-13(7-8-20-16)14-9-12(19)5-6-15(14)21-17/h6-10,12,16-18,22,26,28,31H,5,11,13-15H2,1-4H3;4-9,12,20,23H,3,10-11H2,1-2H3;4-9,12,20,22H,3,10-11H2,1-2H3;2-7,10,17,20-21H,8-9H2,1H3;1-6,9,16,20-21H,7-8H2/t18-,22+,26-,28?;;;;/m0..../s1. The number of hydrogen-bond acceptors (Lipinski definition) is 11. The summed E-state index contributed by atoms with van der Waals surface area (Å²) >= 11 is 30.8. The van der Waals surface area contributed by atoms with Gasteiger partial charge in [-0.15, -0.1) is 0 Å². The minimum atomic E-state index is -3.37. The third-order valence-electron chi connectivity index (χ3n) is 26.6. The molecule has 0 radical (unpaired) electrons. The highest BCUT2D eigenvalue weighted by Gasteiger charge is 2.42. The maximum absolute atomic E-state index is 13.8. The average Bonchev–Trinajstić information content (AvgIpc) is 1.65. The highest BCUT2D eigenvalue weighted by atomic mass is 35.5. The zero-order valence-corrected chi connectivity index (χ0v) is 79.3. The molecule has 7 N–H and O–H groups in total. The molecule has 0 bridgehead atoms. The van der Waals surface area contributed by atoms with Crippen molar-refractivity contribution >= 4 is 135 Å². The van der Waals surface area contributed by atoms with E-state index in [-0.39, 0.29) is 54.0 Å². The second-order valence-electron chi connectivity index (χ2n) is 34.9. The zero-order valence-electron chi connectivity index (χ0n) is 74.7. The van der Waals surface area contributed by atoms with Crippen LogP contribution in [0.1, 0.15) is 174 Å². The number of aromatic nitrogens is 5. The molecule has 15 aromatic rings. The van der Waals surface area contributed by atoms with Gasteiger partial charge in [0.25, 0.3) is 0 Å². The van der Waals surface area contributed by atoms with Crippen LogP contribution in [0, 0.1) is 30.5 Å². The van der Waals surface area contributed by atoms with E-state index in [1.807, 2.05) is 138 Å². The molecule has 680 valence electrons. The first kappa shape index (κ1) is 91.9. The van der Waals surface area contributed by atoms with Crippen LogP contribution in [0.2, 0.25) is 25.1 Å². The Morgan fingerprint density at radius 2 is 0.794 bits per heavy atom. The number of amides is 2. The molecule has 2 amide bonds. The molecule has 131 heavy (non-hydrogen) atoms. The van der Waals surface area contributed by atoms with Crippen molar-refractivity contribution in [2.45, 2.75) is 129 Å². The summed E-state index contributed by atoms with van der Waals surface area (Å²) in [5, 5.41) is 16.5. The number of nitrogens with zero attached hydrogens (tertiary/aromatic N) is 3. The maximum Gasteiger partial charge on any atom is 0.410 e. The first-order valence-electron chi connectivity index (χ1n) is 45.0. The van der Waals surface area contributed by atoms with E-state index in [9.17, 15) is 22.4 Å². The SMILES string of the molecule is CCOC(=O)N1CCc2c([nH]c3ccc(F)cc23)C1c1ccc(OC)cc1.CCS(=O)(=O)N1CCc2c([nH]c3ccc(Cl)cc23)C1c1ccc(OC)cc1.COc1ccc(C2c3[nH]c4ccc(Cl)cc4c3CCN2C(=O)O[C@H]2C[C@@H](C)CC[C@@H]2C(C)C)cc1.Cc1ccc(C2NCCc3c2[nH]c2ccc(Cl)cc32)cc1.Clc1ccc(C2NCCc3c2[nH]c2ccc(Cl)cc32)cc1. The van der Waals surface area contributed by atoms with E-state index in [0.29, 0.717) is 66.9 Å². The molecule has 5 aromatic heterocycles. The van der Waals surface area contributed by atoms with Gasteiger partial charge in [-0.2, -0.15) is 4.31 Å². The second kappa shape index (κ2) is 39.8.